The third-order valence-electron chi connectivity index (χ3n) is 2.25. The summed E-state index contributed by atoms with van der Waals surface area (Å²) in [6.45, 7) is 0. The van der Waals surface area contributed by atoms with Crippen LogP contribution >= 0.6 is 0 Å². The van der Waals surface area contributed by atoms with Crippen LogP contribution in [-0.2, 0) is 0 Å². The fourth-order valence-corrected chi connectivity index (χ4v) is 1.48. The number of fused-ring (bicyclic) bond motifs is 1. The van der Waals surface area contributed by atoms with Crippen molar-refractivity contribution < 1.29 is 0 Å². The summed E-state index contributed by atoms with van der Waals surface area (Å²) in [6.07, 6.45) is 2.43. The molecule has 1 aromatic heterocycles. The summed E-state index contributed by atoms with van der Waals surface area (Å²) in [5.41, 5.74) is 3.15. The van der Waals surface area contributed by atoms with Crippen molar-refractivity contribution in [2.45, 2.75) is 12.3 Å². The Morgan fingerprint density at radius 2 is 2.42 bits per heavy atom. The molecule has 0 spiro atoms. The Kier molecular flexibility index (Phi) is 1.03. The molecule has 0 radical (unpaired) electrons. The molecule has 2 saturated heterocycles. The first-order valence-electron chi connectivity index (χ1n) is 3.87. The molecule has 3 heterocycles. The van der Waals surface area contributed by atoms with Gasteiger partial charge >= 0.3 is 0 Å². The van der Waals surface area contributed by atoms with Crippen LogP contribution < -0.4 is 16.3 Å². The summed E-state index contributed by atoms with van der Waals surface area (Å²) in [6, 6.07) is 5.81. The van der Waals surface area contributed by atoms with E-state index in [4.69, 9.17) is 5.84 Å². The molecule has 0 amide bonds. The highest BCUT2D eigenvalue weighted by Gasteiger charge is 2.60. The zero-order valence-corrected chi connectivity index (χ0v) is 6.38. The second kappa shape index (κ2) is 1.95. The van der Waals surface area contributed by atoms with E-state index in [1.807, 2.05) is 23.2 Å². The van der Waals surface area contributed by atoms with E-state index in [-0.39, 0.29) is 0 Å². The summed E-state index contributed by atoms with van der Waals surface area (Å²) in [7, 11) is 0. The number of nitrogens with zero attached hydrogens (tertiary/aromatic N) is 3. The van der Waals surface area contributed by atoms with Gasteiger partial charge in [0.25, 0.3) is 0 Å². The van der Waals surface area contributed by atoms with E-state index >= 15 is 0 Å². The first-order valence-corrected chi connectivity index (χ1v) is 3.87. The zero-order valence-electron chi connectivity index (χ0n) is 6.38. The maximum atomic E-state index is 5.60. The van der Waals surface area contributed by atoms with Crippen LogP contribution in [-0.4, -0.2) is 22.3 Å². The summed E-state index contributed by atoms with van der Waals surface area (Å²) >= 11 is 0. The van der Waals surface area contributed by atoms with E-state index < -0.39 is 0 Å². The standard InChI is InChI=1S/C7H9N5/c8-11-6-7(11)12(10-6)5-3-1-2-4-9-5/h1-4,6-7,10H,8H2/t6-,7+,11?/m1/s1. The van der Waals surface area contributed by atoms with Gasteiger partial charge in [-0.3, -0.25) is 10.9 Å². The molecule has 1 unspecified atom stereocenters. The second-order valence-corrected chi connectivity index (χ2v) is 2.99. The van der Waals surface area contributed by atoms with Crippen molar-refractivity contribution in [3.8, 4) is 0 Å². The number of hydrogen-bond acceptors (Lipinski definition) is 5. The van der Waals surface area contributed by atoms with Crippen molar-refractivity contribution >= 4 is 5.82 Å². The largest absolute Gasteiger partial charge is 0.268 e. The zero-order chi connectivity index (χ0) is 8.13. The van der Waals surface area contributed by atoms with E-state index in [1.54, 1.807) is 11.2 Å². The highest BCUT2D eigenvalue weighted by molar-refractivity contribution is 5.44. The van der Waals surface area contributed by atoms with Gasteiger partial charge in [0, 0.05) is 6.20 Å². The van der Waals surface area contributed by atoms with Gasteiger partial charge in [0.2, 0.25) is 0 Å². The van der Waals surface area contributed by atoms with Gasteiger partial charge in [-0.1, -0.05) is 6.07 Å². The van der Waals surface area contributed by atoms with Crippen LogP contribution in [0.4, 0.5) is 5.82 Å². The minimum Gasteiger partial charge on any atom is -0.268 e. The highest BCUT2D eigenvalue weighted by atomic mass is 15.9. The molecule has 3 rings (SSSR count). The Morgan fingerprint density at radius 1 is 1.50 bits per heavy atom. The Morgan fingerprint density at radius 3 is 2.92 bits per heavy atom. The number of hydrogen-bond donors (Lipinski definition) is 2. The number of rotatable bonds is 1. The summed E-state index contributed by atoms with van der Waals surface area (Å²) in [5.74, 6) is 6.52. The van der Waals surface area contributed by atoms with Crippen LogP contribution in [0.3, 0.4) is 0 Å². The monoisotopic (exact) mass is 163 g/mol. The molecule has 0 bridgehead atoms. The van der Waals surface area contributed by atoms with E-state index in [1.165, 1.54) is 0 Å². The molecule has 2 aliphatic rings. The summed E-state index contributed by atoms with van der Waals surface area (Å²) in [4.78, 5) is 4.19. The van der Waals surface area contributed by atoms with Gasteiger partial charge < -0.3 is 0 Å². The lowest BCUT2D eigenvalue weighted by Crippen LogP contribution is -2.54. The summed E-state index contributed by atoms with van der Waals surface area (Å²) in [5, 5.41) is 3.72. The van der Waals surface area contributed by atoms with Crippen LogP contribution in [0.15, 0.2) is 24.4 Å². The number of aromatic nitrogens is 1. The molecule has 62 valence electrons. The third kappa shape index (κ3) is 0.651. The van der Waals surface area contributed by atoms with E-state index in [9.17, 15) is 0 Å². The Balaban J connectivity index is 1.84. The number of nitrogens with two attached hydrogens (primary N) is 1. The highest BCUT2D eigenvalue weighted by Crippen LogP contribution is 2.35. The third-order valence-corrected chi connectivity index (χ3v) is 2.25. The lowest BCUT2D eigenvalue weighted by molar-refractivity contribution is 0.496. The SMILES string of the molecule is NN1[C@@H]2[C@@H]1NN2c1ccccn1. The molecular formula is C7H9N5. The quantitative estimate of drug-likeness (QED) is 0.421. The lowest BCUT2D eigenvalue weighted by Gasteiger charge is -2.29. The Labute approximate surface area is 69.7 Å². The molecule has 0 aromatic carbocycles. The maximum absolute atomic E-state index is 5.60. The molecule has 5 nitrogen and oxygen atoms in total. The lowest BCUT2D eigenvalue weighted by atomic mass is 10.4. The molecule has 5 heteroatoms. The van der Waals surface area contributed by atoms with Crippen molar-refractivity contribution in [1.82, 2.24) is 15.4 Å². The van der Waals surface area contributed by atoms with Crippen LogP contribution in [0.5, 0.6) is 0 Å². The predicted molar refractivity (Wildman–Crippen MR) is 43.5 cm³/mol. The molecular weight excluding hydrogens is 154 g/mol. The van der Waals surface area contributed by atoms with Gasteiger partial charge in [-0.25, -0.2) is 10.4 Å². The van der Waals surface area contributed by atoms with E-state index in [0.717, 1.165) is 5.82 Å². The first-order chi connectivity index (χ1) is 5.88. The number of nitrogens with one attached hydrogen (secondary N) is 1. The van der Waals surface area contributed by atoms with Crippen molar-refractivity contribution in [3.05, 3.63) is 24.4 Å². The second-order valence-electron chi connectivity index (χ2n) is 2.99. The van der Waals surface area contributed by atoms with Gasteiger partial charge in [0.1, 0.15) is 18.1 Å². The maximum Gasteiger partial charge on any atom is 0.145 e. The van der Waals surface area contributed by atoms with Gasteiger partial charge in [-0.15, -0.1) is 0 Å². The van der Waals surface area contributed by atoms with Crippen molar-refractivity contribution in [2.24, 2.45) is 5.84 Å². The summed E-state index contributed by atoms with van der Waals surface area (Å²) < 4.78 is 0. The number of pyridine rings is 1. The van der Waals surface area contributed by atoms with Crippen molar-refractivity contribution in [3.63, 3.8) is 0 Å². The Hall–Kier alpha value is -1.17. The molecule has 3 N–H and O–H groups in total. The van der Waals surface area contributed by atoms with Gasteiger partial charge in [-0.05, 0) is 12.1 Å². The molecule has 12 heavy (non-hydrogen) atoms. The average molecular weight is 163 g/mol. The van der Waals surface area contributed by atoms with Crippen LogP contribution in [0.25, 0.3) is 0 Å². The molecule has 3 atom stereocenters. The topological polar surface area (TPSA) is 57.2 Å². The average Bonchev–Trinajstić information content (AvgIpc) is 2.53. The smallest absolute Gasteiger partial charge is 0.145 e. The van der Waals surface area contributed by atoms with Crippen molar-refractivity contribution in [2.75, 3.05) is 5.01 Å². The molecule has 2 aliphatic heterocycles. The molecule has 1 aromatic rings. The molecule has 0 saturated carbocycles. The predicted octanol–water partition coefficient (Wildman–Crippen LogP) is -0.752. The van der Waals surface area contributed by atoms with Gasteiger partial charge in [0.15, 0.2) is 0 Å². The van der Waals surface area contributed by atoms with E-state index in [0.29, 0.717) is 12.3 Å². The van der Waals surface area contributed by atoms with E-state index in [2.05, 4.69) is 10.4 Å². The Bertz CT molecular complexity index is 296. The number of hydrazine groups is 2. The van der Waals surface area contributed by atoms with Crippen molar-refractivity contribution in [1.29, 1.82) is 0 Å². The van der Waals surface area contributed by atoms with Gasteiger partial charge in [-0.2, -0.15) is 5.01 Å². The molecule has 2 fully saturated rings. The fourth-order valence-electron chi connectivity index (χ4n) is 1.48. The van der Waals surface area contributed by atoms with Crippen LogP contribution in [0.1, 0.15) is 0 Å². The van der Waals surface area contributed by atoms with Gasteiger partial charge in [0.05, 0.1) is 0 Å². The first kappa shape index (κ1) is 6.36. The normalized spacial score (nSPS) is 37.1. The van der Waals surface area contributed by atoms with Crippen LogP contribution in [0.2, 0.25) is 0 Å². The minimum absolute atomic E-state index is 0.319. The molecule has 0 aliphatic carbocycles. The van der Waals surface area contributed by atoms with Crippen LogP contribution in [0, 0.1) is 0 Å². The fraction of sp³-hybridized carbons (Fsp3) is 0.286. The minimum atomic E-state index is 0.319. The number of anilines is 1.